The minimum atomic E-state index is -0.162. The molecule has 4 N–H and O–H groups in total. The van der Waals surface area contributed by atoms with Crippen molar-refractivity contribution in [1.82, 2.24) is 0 Å². The molecule has 1 aromatic carbocycles. The maximum atomic E-state index is 8.90. The van der Waals surface area contributed by atoms with Crippen LogP contribution in [0.4, 0.5) is 0 Å². The molecule has 0 aliphatic heterocycles. The van der Waals surface area contributed by atoms with Crippen molar-refractivity contribution >= 4 is 0 Å². The molecular formula is C7H9O3+. The number of phenols is 2. The molecule has 0 bridgehead atoms. The summed E-state index contributed by atoms with van der Waals surface area (Å²) in [4.78, 5) is 0. The van der Waals surface area contributed by atoms with E-state index in [-0.39, 0.29) is 18.1 Å². The standard InChI is InChI=1S/C7H8O3/c8-4-5-1-2-6(9)7(10)3-5/h1-3,8-10H,4H2/p+1. The largest absolute Gasteiger partial charge is 0.504 e. The molecule has 3 nitrogen and oxygen atoms in total. The highest BCUT2D eigenvalue weighted by Gasteiger charge is 1.99. The van der Waals surface area contributed by atoms with Gasteiger partial charge in [0.2, 0.25) is 0 Å². The van der Waals surface area contributed by atoms with E-state index in [2.05, 4.69) is 0 Å². The van der Waals surface area contributed by atoms with Crippen LogP contribution in [0.25, 0.3) is 0 Å². The van der Waals surface area contributed by atoms with Gasteiger partial charge in [-0.05, 0) is 18.2 Å². The summed E-state index contributed by atoms with van der Waals surface area (Å²) in [5.74, 6) is -0.304. The lowest BCUT2D eigenvalue weighted by atomic mass is 10.2. The molecule has 10 heavy (non-hydrogen) atoms. The molecule has 0 fully saturated rings. The SMILES string of the molecule is Oc1ccc(C[OH2+])cc1O. The zero-order valence-electron chi connectivity index (χ0n) is 5.33. The Kier molecular flexibility index (Phi) is 1.78. The first kappa shape index (κ1) is 6.89. The third kappa shape index (κ3) is 1.19. The van der Waals surface area contributed by atoms with Crippen molar-refractivity contribution in [3.8, 4) is 11.5 Å². The van der Waals surface area contributed by atoms with Gasteiger partial charge in [0, 0.05) is 5.56 Å². The summed E-state index contributed by atoms with van der Waals surface area (Å²) in [7, 11) is 0. The third-order valence-corrected chi connectivity index (χ3v) is 1.24. The Labute approximate surface area is 58.2 Å². The zero-order valence-corrected chi connectivity index (χ0v) is 5.33. The van der Waals surface area contributed by atoms with Crippen LogP contribution in [0, 0.1) is 0 Å². The summed E-state index contributed by atoms with van der Waals surface area (Å²) >= 11 is 0. The molecule has 0 heterocycles. The van der Waals surface area contributed by atoms with E-state index in [0.29, 0.717) is 5.56 Å². The average molecular weight is 141 g/mol. The highest BCUT2D eigenvalue weighted by atomic mass is 16.3. The highest BCUT2D eigenvalue weighted by Crippen LogP contribution is 2.24. The maximum Gasteiger partial charge on any atom is 0.170 e. The topological polar surface area (TPSA) is 63.4 Å². The molecule has 0 saturated heterocycles. The van der Waals surface area contributed by atoms with Crippen LogP contribution in [-0.2, 0) is 6.61 Å². The van der Waals surface area contributed by atoms with E-state index in [0.717, 1.165) is 0 Å². The summed E-state index contributed by atoms with van der Waals surface area (Å²) in [5, 5.41) is 24.6. The Balaban J connectivity index is 3.04. The zero-order chi connectivity index (χ0) is 7.56. The average Bonchev–Trinajstić information content (AvgIpc) is 1.95. The minimum Gasteiger partial charge on any atom is -0.504 e. The van der Waals surface area contributed by atoms with Gasteiger partial charge < -0.3 is 15.3 Å². The van der Waals surface area contributed by atoms with Crippen molar-refractivity contribution in [1.29, 1.82) is 0 Å². The van der Waals surface area contributed by atoms with E-state index < -0.39 is 0 Å². The number of aromatic hydroxyl groups is 2. The Morgan fingerprint density at radius 1 is 1.20 bits per heavy atom. The Bertz CT molecular complexity index is 232. The van der Waals surface area contributed by atoms with E-state index in [9.17, 15) is 0 Å². The number of phenolic OH excluding ortho intramolecular Hbond substituents is 2. The molecule has 1 aromatic rings. The molecule has 0 amide bonds. The van der Waals surface area contributed by atoms with Crippen LogP contribution in [0.3, 0.4) is 0 Å². The fourth-order valence-corrected chi connectivity index (χ4v) is 0.679. The lowest BCUT2D eigenvalue weighted by Crippen LogP contribution is -1.80. The predicted octanol–water partition coefficient (Wildman–Crippen LogP) is 0.322. The van der Waals surface area contributed by atoms with Gasteiger partial charge in [0.05, 0.1) is 0 Å². The van der Waals surface area contributed by atoms with E-state index >= 15 is 0 Å². The summed E-state index contributed by atoms with van der Waals surface area (Å²) < 4.78 is 0. The molecule has 0 aliphatic rings. The maximum absolute atomic E-state index is 8.90. The van der Waals surface area contributed by atoms with Crippen molar-refractivity contribution in [2.75, 3.05) is 0 Å². The van der Waals surface area contributed by atoms with Crippen LogP contribution in [0.2, 0.25) is 0 Å². The van der Waals surface area contributed by atoms with Gasteiger partial charge in [-0.1, -0.05) is 0 Å². The normalized spacial score (nSPS) is 9.70. The number of benzene rings is 1. The molecule has 3 heteroatoms. The lowest BCUT2D eigenvalue weighted by Gasteiger charge is -1.96. The second kappa shape index (κ2) is 2.58. The van der Waals surface area contributed by atoms with Crippen molar-refractivity contribution in [3.63, 3.8) is 0 Å². The molecule has 0 spiro atoms. The molecule has 0 aromatic heterocycles. The summed E-state index contributed by atoms with van der Waals surface area (Å²) in [5.41, 5.74) is 0.690. The summed E-state index contributed by atoms with van der Waals surface area (Å²) in [6.07, 6.45) is 0. The van der Waals surface area contributed by atoms with Gasteiger partial charge in [0.1, 0.15) is 0 Å². The quantitative estimate of drug-likeness (QED) is 0.437. The second-order valence-corrected chi connectivity index (χ2v) is 2.00. The molecule has 0 aliphatic carbocycles. The predicted molar refractivity (Wildman–Crippen MR) is 37.1 cm³/mol. The molecule has 1 rings (SSSR count). The summed E-state index contributed by atoms with van der Waals surface area (Å²) in [6, 6.07) is 4.35. The third-order valence-electron chi connectivity index (χ3n) is 1.24. The van der Waals surface area contributed by atoms with Gasteiger partial charge in [-0.3, -0.25) is 0 Å². The van der Waals surface area contributed by atoms with Crippen LogP contribution >= 0.6 is 0 Å². The fourth-order valence-electron chi connectivity index (χ4n) is 0.679. The van der Waals surface area contributed by atoms with E-state index in [1.54, 1.807) is 6.07 Å². The Hall–Kier alpha value is -1.22. The number of rotatable bonds is 1. The number of hydrogen-bond acceptors (Lipinski definition) is 2. The van der Waals surface area contributed by atoms with Crippen molar-refractivity contribution in [2.24, 2.45) is 0 Å². The van der Waals surface area contributed by atoms with Crippen LogP contribution < -0.4 is 0 Å². The van der Waals surface area contributed by atoms with E-state index in [4.69, 9.17) is 15.3 Å². The van der Waals surface area contributed by atoms with Crippen molar-refractivity contribution in [2.45, 2.75) is 6.61 Å². The van der Waals surface area contributed by atoms with Gasteiger partial charge in [0.15, 0.2) is 18.1 Å². The molecular weight excluding hydrogens is 132 g/mol. The minimum absolute atomic E-state index is 0.119. The molecule has 0 saturated carbocycles. The highest BCUT2D eigenvalue weighted by molar-refractivity contribution is 5.40. The first-order chi connectivity index (χ1) is 4.74. The van der Waals surface area contributed by atoms with Gasteiger partial charge in [-0.15, -0.1) is 0 Å². The second-order valence-electron chi connectivity index (χ2n) is 2.00. The van der Waals surface area contributed by atoms with E-state index in [1.165, 1.54) is 12.1 Å². The monoisotopic (exact) mass is 141 g/mol. The first-order valence-electron chi connectivity index (χ1n) is 2.89. The van der Waals surface area contributed by atoms with Crippen molar-refractivity contribution in [3.05, 3.63) is 23.8 Å². The fraction of sp³-hybridized carbons (Fsp3) is 0.143. The smallest absolute Gasteiger partial charge is 0.170 e. The molecule has 0 unspecified atom stereocenters. The summed E-state index contributed by atoms with van der Waals surface area (Å²) in [6.45, 7) is 0.119. The lowest BCUT2D eigenvalue weighted by molar-refractivity contribution is 0.280. The van der Waals surface area contributed by atoms with Crippen LogP contribution in [0.1, 0.15) is 5.56 Å². The van der Waals surface area contributed by atoms with E-state index in [1.807, 2.05) is 0 Å². The van der Waals surface area contributed by atoms with Gasteiger partial charge >= 0.3 is 0 Å². The molecule has 0 radical (unpaired) electrons. The molecule has 0 atom stereocenters. The van der Waals surface area contributed by atoms with Crippen molar-refractivity contribution < 1.29 is 15.3 Å². The van der Waals surface area contributed by atoms with Crippen LogP contribution in [0.5, 0.6) is 11.5 Å². The van der Waals surface area contributed by atoms with Crippen LogP contribution in [-0.4, -0.2) is 15.3 Å². The van der Waals surface area contributed by atoms with Crippen LogP contribution in [0.15, 0.2) is 18.2 Å². The van der Waals surface area contributed by atoms with Gasteiger partial charge in [-0.25, -0.2) is 0 Å². The van der Waals surface area contributed by atoms with Gasteiger partial charge in [0.25, 0.3) is 0 Å². The molecule has 54 valence electrons. The Morgan fingerprint density at radius 2 is 1.90 bits per heavy atom. The first-order valence-corrected chi connectivity index (χ1v) is 2.89. The Morgan fingerprint density at radius 3 is 2.40 bits per heavy atom. The van der Waals surface area contributed by atoms with Gasteiger partial charge in [-0.2, -0.15) is 0 Å². The number of hydrogen-bond donors (Lipinski definition) is 2.